The van der Waals surface area contributed by atoms with E-state index in [1.54, 1.807) is 10.8 Å². The molecule has 8 aromatic heterocycles. The second-order valence-electron chi connectivity index (χ2n) is 35.5. The van der Waals surface area contributed by atoms with E-state index in [9.17, 15) is 0 Å². The van der Waals surface area contributed by atoms with Crippen molar-refractivity contribution in [3.63, 3.8) is 0 Å². The Bertz CT molecular complexity index is 7550. The summed E-state index contributed by atoms with van der Waals surface area (Å²) in [5.74, 6) is 5.77. The van der Waals surface area contributed by atoms with Gasteiger partial charge in [-0.2, -0.15) is 18.3 Å². The Labute approximate surface area is 733 Å². The maximum absolute atomic E-state index is 8.28. The Hall–Kier alpha value is -13.1. The molecule has 12 aromatic carbocycles. The molecule has 0 unspecified atom stereocenters. The van der Waals surface area contributed by atoms with Gasteiger partial charge in [0.1, 0.15) is 90.8 Å². The smallest absolute Gasteiger partial charge is 0.232 e. The quantitative estimate of drug-likeness (QED) is 0.0919. The number of fused-ring (bicyclic) bond motifs is 13. The molecule has 12 heteroatoms. The van der Waals surface area contributed by atoms with E-state index in [2.05, 4.69) is 437 Å². The van der Waals surface area contributed by atoms with Crippen LogP contribution in [0.4, 0.5) is 0 Å². The summed E-state index contributed by atoms with van der Waals surface area (Å²) >= 11 is 0. The molecule has 0 fully saturated rings. The van der Waals surface area contributed by atoms with Crippen molar-refractivity contribution in [1.29, 1.82) is 0 Å². The van der Waals surface area contributed by atoms with Crippen LogP contribution in [0.3, 0.4) is 0 Å². The highest BCUT2D eigenvalue weighted by atomic mass is 15.3. The van der Waals surface area contributed by atoms with E-state index >= 15 is 0 Å². The SMILES string of the molecule is CC(C)c1cccc2c3ccccc3n(-c3n(-c4ccccc4)cc[n+]3C(C)C)c12.CC(C)c1cccc2c3ccccc3n(-c3n(C(C)C)c4ccccc4[n+]3C)c12.Cc1cccc(C)c1-n1cc[n+](C(C)C)c1-n1c2ccccc2c2cccc(C(C)C)c21.[2H]C([2H])([2H])c1cccc(C([2H])([2H])[2H])c1-n1cc[n+](C(C)C)c1-n1c2ccccc2c2cccc(C(C)C)c21. The van der Waals surface area contributed by atoms with E-state index in [1.807, 2.05) is 18.3 Å². The van der Waals surface area contributed by atoms with Crippen LogP contribution < -0.4 is 18.3 Å². The van der Waals surface area contributed by atoms with Gasteiger partial charge >= 0.3 is 23.8 Å². The molecule has 123 heavy (non-hydrogen) atoms. The van der Waals surface area contributed by atoms with Gasteiger partial charge in [-0.15, -0.1) is 0 Å². The van der Waals surface area contributed by atoms with Gasteiger partial charge in [-0.25, -0.2) is 36.5 Å². The molecule has 20 rings (SSSR count). The van der Waals surface area contributed by atoms with Crippen LogP contribution in [0.5, 0.6) is 0 Å². The molecule has 0 aliphatic carbocycles. The van der Waals surface area contributed by atoms with Gasteiger partial charge in [-0.3, -0.25) is 0 Å². The van der Waals surface area contributed by atoms with Gasteiger partial charge in [0.25, 0.3) is 0 Å². The molecule has 0 N–H and O–H groups in total. The van der Waals surface area contributed by atoms with Crippen molar-refractivity contribution in [3.05, 3.63) is 343 Å². The molecule has 0 amide bonds. The highest BCUT2D eigenvalue weighted by molar-refractivity contribution is 6.13. The topological polar surface area (TPSA) is 55.0 Å². The van der Waals surface area contributed by atoms with Gasteiger partial charge in [-0.1, -0.05) is 268 Å². The maximum Gasteiger partial charge on any atom is 0.375 e. The lowest BCUT2D eigenvalue weighted by atomic mass is 10.00. The van der Waals surface area contributed by atoms with Crippen LogP contribution in [0, 0.1) is 27.6 Å². The van der Waals surface area contributed by atoms with Crippen molar-refractivity contribution in [3.8, 4) is 40.9 Å². The first-order valence-corrected chi connectivity index (χ1v) is 44.0. The molecule has 0 atom stereocenters. The molecule has 0 bridgehead atoms. The molecule has 20 aromatic rings. The molecule has 0 aliphatic rings. The summed E-state index contributed by atoms with van der Waals surface area (Å²) in [4.78, 5) is 0. The fourth-order valence-corrected chi connectivity index (χ4v) is 19.2. The van der Waals surface area contributed by atoms with Crippen molar-refractivity contribution < 1.29 is 26.5 Å². The van der Waals surface area contributed by atoms with Gasteiger partial charge in [0.2, 0.25) is 0 Å². The van der Waals surface area contributed by atoms with Crippen molar-refractivity contribution in [2.75, 3.05) is 0 Å². The average Bonchev–Trinajstić information content (AvgIpc) is 1.57. The number of para-hydroxylation sites is 13. The first-order chi connectivity index (χ1) is 61.8. The summed E-state index contributed by atoms with van der Waals surface area (Å²) in [5, 5.41) is 10.0. The van der Waals surface area contributed by atoms with Gasteiger partial charge in [0.05, 0.1) is 49.8 Å². The Kier molecular flexibility index (Phi) is 20.4. The molecule has 0 spiro atoms. The molecule has 0 radical (unpaired) electrons. The second kappa shape index (κ2) is 33.4. The third kappa shape index (κ3) is 14.1. The van der Waals surface area contributed by atoms with Crippen molar-refractivity contribution in [1.82, 2.24) is 36.5 Å². The lowest BCUT2D eigenvalue weighted by Gasteiger charge is -2.15. The monoisotopic (exact) mass is 1630 g/mol. The van der Waals surface area contributed by atoms with Crippen LogP contribution >= 0.6 is 0 Å². The Morgan fingerprint density at radius 3 is 0.878 bits per heavy atom. The number of rotatable bonds is 15. The van der Waals surface area contributed by atoms with Crippen LogP contribution in [0.25, 0.3) is 139 Å². The molecular weight excluding hydrogens is 1500 g/mol. The fraction of sp³-hybridized carbons (Fsp3) is 0.261. The Morgan fingerprint density at radius 2 is 0.545 bits per heavy atom. The lowest BCUT2D eigenvalue weighted by Crippen LogP contribution is -2.39. The molecule has 8 heterocycles. The number of aromatic nitrogens is 12. The van der Waals surface area contributed by atoms with Crippen LogP contribution in [0.1, 0.15) is 211 Å². The third-order valence-corrected chi connectivity index (χ3v) is 24.9. The highest BCUT2D eigenvalue weighted by Gasteiger charge is 2.36. The van der Waals surface area contributed by atoms with Gasteiger partial charge in [0, 0.05) is 51.3 Å². The minimum Gasteiger partial charge on any atom is -0.232 e. The molecule has 0 aliphatic heterocycles. The van der Waals surface area contributed by atoms with Crippen molar-refractivity contribution >= 4 is 98.3 Å². The number of hydrogen-bond donors (Lipinski definition) is 0. The van der Waals surface area contributed by atoms with Crippen LogP contribution in [0.15, 0.2) is 298 Å². The Morgan fingerprint density at radius 1 is 0.268 bits per heavy atom. The van der Waals surface area contributed by atoms with Crippen molar-refractivity contribution in [2.24, 2.45) is 7.05 Å². The summed E-state index contributed by atoms with van der Waals surface area (Å²) in [5.41, 5.74) is 22.7. The minimum absolute atomic E-state index is 0.00346. The second-order valence-corrected chi connectivity index (χ2v) is 35.5. The zero-order valence-electron chi connectivity index (χ0n) is 80.8. The minimum atomic E-state index is -2.51. The number of aryl methyl sites for hydroxylation is 5. The third-order valence-electron chi connectivity index (χ3n) is 24.9. The van der Waals surface area contributed by atoms with E-state index in [0.717, 1.165) is 33.3 Å². The van der Waals surface area contributed by atoms with E-state index in [4.69, 9.17) is 8.22 Å². The number of hydrogen-bond acceptors (Lipinski definition) is 0. The zero-order valence-corrected chi connectivity index (χ0v) is 74.8. The summed E-state index contributed by atoms with van der Waals surface area (Å²) < 4.78 is 77.4. The predicted octanol–water partition coefficient (Wildman–Crippen LogP) is 27.2. The summed E-state index contributed by atoms with van der Waals surface area (Å²) in [7, 11) is 2.19. The standard InChI is InChI=1S/2C29H32N3.C27H28N3.C26H28N3/c2*1-19(2)23-14-10-15-25-24-13-7-8-16-26(24)32(28(23)25)29-30(20(3)4)17-18-31(29)27-21(5)11-9-12-22(27)6;1-19(2)22-14-10-15-24-23-13-8-9-16-25(23)30(26(22)24)27-28(20(3)4)17-18-29(27)21-11-6-5-7-12-21;1-17(2)19-12-10-13-21-20-11-6-7-14-22(20)29(25(19)21)26-27(5)23-15-8-9-16-24(23)28(26)18(3)4/h2*7-20H,1-6H3;5-20H,1-4H3;6-18H,1-5H3/q4*+1/i5D3,6D3;;;. The number of benzene rings is 12. The molecule has 0 saturated carbocycles. The molecular formula is C111H120N12+4. The number of nitrogens with zero attached hydrogens (tertiary/aromatic N) is 12. The highest BCUT2D eigenvalue weighted by Crippen LogP contribution is 2.43. The molecule has 0 saturated heterocycles. The van der Waals surface area contributed by atoms with E-state index in [0.29, 0.717) is 41.8 Å². The molecule has 620 valence electrons. The van der Waals surface area contributed by atoms with Gasteiger partial charge in [-0.05, 0) is 200 Å². The van der Waals surface area contributed by atoms with E-state index in [1.165, 1.54) is 146 Å². The summed E-state index contributed by atoms with van der Waals surface area (Å²) in [6, 6.07) is 92.5. The van der Waals surface area contributed by atoms with Crippen LogP contribution in [-0.4, -0.2) is 36.5 Å². The van der Waals surface area contributed by atoms with E-state index < -0.39 is 13.7 Å². The van der Waals surface area contributed by atoms with Crippen molar-refractivity contribution in [2.45, 2.75) is 186 Å². The largest absolute Gasteiger partial charge is 0.375 e. The fourth-order valence-electron chi connectivity index (χ4n) is 19.2. The molecule has 12 nitrogen and oxygen atoms in total. The average molecular weight is 1630 g/mol. The zero-order chi connectivity index (χ0) is 91.2. The first kappa shape index (κ1) is 75.0. The summed E-state index contributed by atoms with van der Waals surface area (Å²) in [6.45, 7) is 35.1. The van der Waals surface area contributed by atoms with Crippen LogP contribution in [-0.2, 0) is 7.05 Å². The summed E-state index contributed by atoms with van der Waals surface area (Å²) in [6.07, 6.45) is 12.5. The lowest BCUT2D eigenvalue weighted by molar-refractivity contribution is -0.709. The van der Waals surface area contributed by atoms with Gasteiger partial charge < -0.3 is 0 Å². The van der Waals surface area contributed by atoms with E-state index in [-0.39, 0.29) is 28.8 Å². The predicted molar refractivity (Wildman–Crippen MR) is 515 cm³/mol. The maximum atomic E-state index is 8.28. The van der Waals surface area contributed by atoms with Crippen LogP contribution in [0.2, 0.25) is 0 Å². The number of imidazole rings is 4. The first-order valence-electron chi connectivity index (χ1n) is 47.0. The Balaban J connectivity index is 0.000000121. The normalized spacial score (nSPS) is 13.0. The van der Waals surface area contributed by atoms with Gasteiger partial charge in [0.15, 0.2) is 0 Å².